The number of amides is 1. The molecule has 0 radical (unpaired) electrons. The predicted molar refractivity (Wildman–Crippen MR) is 55.3 cm³/mol. The van der Waals surface area contributed by atoms with Crippen LogP contribution in [0.15, 0.2) is 0 Å². The molecule has 0 saturated heterocycles. The summed E-state index contributed by atoms with van der Waals surface area (Å²) in [5.74, 6) is -0.794. The molecule has 0 rings (SSSR count). The second-order valence-corrected chi connectivity index (χ2v) is 4.20. The van der Waals surface area contributed by atoms with Crippen LogP contribution in [-0.4, -0.2) is 37.2 Å². The van der Waals surface area contributed by atoms with E-state index in [2.05, 4.69) is 10.1 Å². The minimum atomic E-state index is -0.744. The van der Waals surface area contributed by atoms with Crippen LogP contribution in [0.4, 0.5) is 0 Å². The van der Waals surface area contributed by atoms with Crippen LogP contribution in [0.3, 0.4) is 0 Å². The van der Waals surface area contributed by atoms with E-state index in [0.29, 0.717) is 0 Å². The van der Waals surface area contributed by atoms with Crippen LogP contribution in [0.2, 0.25) is 0 Å². The minimum Gasteiger partial charge on any atom is -0.467 e. The van der Waals surface area contributed by atoms with E-state index in [-0.39, 0.29) is 18.1 Å². The van der Waals surface area contributed by atoms with Crippen LogP contribution < -0.4 is 5.32 Å². The summed E-state index contributed by atoms with van der Waals surface area (Å²) in [5, 5.41) is 2.46. The first kappa shape index (κ1) is 13.9. The average Bonchev–Trinajstić information content (AvgIpc) is 2.09. The molecule has 0 aliphatic heterocycles. The topological polar surface area (TPSA) is 64.6 Å². The molecule has 1 unspecified atom stereocenters. The second-order valence-electron chi connectivity index (χ2n) is 4.20. The molecule has 1 amide bonds. The zero-order valence-corrected chi connectivity index (χ0v) is 9.92. The quantitative estimate of drug-likeness (QED) is 0.696. The van der Waals surface area contributed by atoms with E-state index in [0.717, 1.165) is 0 Å². The number of nitrogens with one attached hydrogen (secondary N) is 1. The monoisotopic (exact) mass is 217 g/mol. The van der Waals surface area contributed by atoms with Crippen LogP contribution in [0.1, 0.15) is 27.7 Å². The standard InChI is InChI=1S/C10H19NO4/c1-7(12)11-8(9(13)14-5)6-15-10(2,3)4/h8H,6H2,1-5H3,(H,11,12). The highest BCUT2D eigenvalue weighted by atomic mass is 16.5. The molecule has 0 aromatic carbocycles. The molecule has 0 bridgehead atoms. The van der Waals surface area contributed by atoms with Crippen LogP contribution in [0, 0.1) is 0 Å². The molecule has 0 aromatic heterocycles. The summed E-state index contributed by atoms with van der Waals surface area (Å²) in [6.07, 6.45) is 0. The van der Waals surface area contributed by atoms with Crippen LogP contribution in [0.25, 0.3) is 0 Å². The Morgan fingerprint density at radius 1 is 1.33 bits per heavy atom. The van der Waals surface area contributed by atoms with Gasteiger partial charge in [0.05, 0.1) is 19.3 Å². The van der Waals surface area contributed by atoms with Crippen molar-refractivity contribution < 1.29 is 19.1 Å². The fourth-order valence-electron chi connectivity index (χ4n) is 0.890. The predicted octanol–water partition coefficient (Wildman–Crippen LogP) is 0.479. The second kappa shape index (κ2) is 5.70. The summed E-state index contributed by atoms with van der Waals surface area (Å²) in [6, 6.07) is -0.744. The van der Waals surface area contributed by atoms with Gasteiger partial charge in [-0.3, -0.25) is 4.79 Å². The van der Waals surface area contributed by atoms with Crippen molar-refractivity contribution in [2.45, 2.75) is 39.3 Å². The molecule has 1 atom stereocenters. The Morgan fingerprint density at radius 3 is 2.20 bits per heavy atom. The molecule has 0 aromatic rings. The van der Waals surface area contributed by atoms with Gasteiger partial charge in [-0.25, -0.2) is 4.79 Å². The van der Waals surface area contributed by atoms with Gasteiger partial charge >= 0.3 is 5.97 Å². The van der Waals surface area contributed by atoms with Gasteiger partial charge in [-0.2, -0.15) is 0 Å². The van der Waals surface area contributed by atoms with Crippen LogP contribution in [0.5, 0.6) is 0 Å². The third kappa shape index (κ3) is 6.90. The van der Waals surface area contributed by atoms with Gasteiger partial charge in [-0.15, -0.1) is 0 Å². The average molecular weight is 217 g/mol. The lowest BCUT2D eigenvalue weighted by Gasteiger charge is -2.23. The summed E-state index contributed by atoms with van der Waals surface area (Å²) < 4.78 is 9.94. The van der Waals surface area contributed by atoms with Crippen molar-refractivity contribution in [2.75, 3.05) is 13.7 Å². The molecule has 5 nitrogen and oxygen atoms in total. The van der Waals surface area contributed by atoms with Gasteiger partial charge in [0.2, 0.25) is 5.91 Å². The molecule has 0 spiro atoms. The van der Waals surface area contributed by atoms with Gasteiger partial charge in [0, 0.05) is 6.92 Å². The van der Waals surface area contributed by atoms with Crippen molar-refractivity contribution in [1.29, 1.82) is 0 Å². The largest absolute Gasteiger partial charge is 0.467 e. The lowest BCUT2D eigenvalue weighted by Crippen LogP contribution is -2.45. The molecule has 5 heteroatoms. The summed E-state index contributed by atoms with van der Waals surface area (Å²) in [5.41, 5.74) is -0.356. The minimum absolute atomic E-state index is 0.107. The lowest BCUT2D eigenvalue weighted by atomic mass is 10.2. The molecule has 1 N–H and O–H groups in total. The fraction of sp³-hybridized carbons (Fsp3) is 0.800. The number of carbonyl (C=O) groups is 2. The van der Waals surface area contributed by atoms with E-state index < -0.39 is 12.0 Å². The normalized spacial score (nSPS) is 13.1. The van der Waals surface area contributed by atoms with Crippen molar-refractivity contribution in [3.63, 3.8) is 0 Å². The Hall–Kier alpha value is -1.10. The van der Waals surface area contributed by atoms with Crippen LogP contribution in [-0.2, 0) is 19.1 Å². The molecule has 15 heavy (non-hydrogen) atoms. The summed E-state index contributed by atoms with van der Waals surface area (Å²) >= 11 is 0. The number of ether oxygens (including phenoxy) is 2. The molecule has 0 fully saturated rings. The Labute approximate surface area is 90.1 Å². The number of carbonyl (C=O) groups excluding carboxylic acids is 2. The lowest BCUT2D eigenvalue weighted by molar-refractivity contribution is -0.148. The Kier molecular flexibility index (Phi) is 5.28. The van der Waals surface area contributed by atoms with E-state index in [9.17, 15) is 9.59 Å². The van der Waals surface area contributed by atoms with E-state index in [4.69, 9.17) is 4.74 Å². The number of hydrogen-bond acceptors (Lipinski definition) is 4. The fourth-order valence-corrected chi connectivity index (χ4v) is 0.890. The third-order valence-corrected chi connectivity index (χ3v) is 1.55. The molecular formula is C10H19NO4. The van der Waals surface area contributed by atoms with Crippen molar-refractivity contribution >= 4 is 11.9 Å². The molecule has 0 saturated carbocycles. The Balaban J connectivity index is 4.25. The van der Waals surface area contributed by atoms with E-state index in [1.165, 1.54) is 14.0 Å². The van der Waals surface area contributed by atoms with Gasteiger partial charge in [0.25, 0.3) is 0 Å². The number of methoxy groups -OCH3 is 1. The van der Waals surface area contributed by atoms with Crippen molar-refractivity contribution in [2.24, 2.45) is 0 Å². The highest BCUT2D eigenvalue weighted by Gasteiger charge is 2.23. The zero-order valence-electron chi connectivity index (χ0n) is 9.92. The Bertz CT molecular complexity index is 232. The molecule has 0 aliphatic carbocycles. The number of hydrogen-bond donors (Lipinski definition) is 1. The molecule has 0 heterocycles. The zero-order chi connectivity index (χ0) is 12.1. The summed E-state index contributed by atoms with van der Waals surface area (Å²) in [4.78, 5) is 22.1. The maximum absolute atomic E-state index is 11.2. The highest BCUT2D eigenvalue weighted by Crippen LogP contribution is 2.07. The van der Waals surface area contributed by atoms with E-state index in [1.54, 1.807) is 0 Å². The smallest absolute Gasteiger partial charge is 0.330 e. The van der Waals surface area contributed by atoms with Gasteiger partial charge in [0.15, 0.2) is 6.04 Å². The van der Waals surface area contributed by atoms with Crippen molar-refractivity contribution in [3.8, 4) is 0 Å². The van der Waals surface area contributed by atoms with Gasteiger partial charge < -0.3 is 14.8 Å². The van der Waals surface area contributed by atoms with E-state index in [1.807, 2.05) is 20.8 Å². The van der Waals surface area contributed by atoms with Crippen molar-refractivity contribution in [3.05, 3.63) is 0 Å². The van der Waals surface area contributed by atoms with E-state index >= 15 is 0 Å². The van der Waals surface area contributed by atoms with Gasteiger partial charge in [-0.05, 0) is 20.8 Å². The SMILES string of the molecule is COC(=O)C(COC(C)(C)C)NC(C)=O. The Morgan fingerprint density at radius 2 is 1.87 bits per heavy atom. The molecular weight excluding hydrogens is 198 g/mol. The summed E-state index contributed by atoms with van der Waals surface area (Å²) in [6.45, 7) is 7.06. The van der Waals surface area contributed by atoms with Crippen molar-refractivity contribution in [1.82, 2.24) is 5.32 Å². The first-order valence-corrected chi connectivity index (χ1v) is 4.75. The first-order chi connectivity index (χ1) is 6.76. The number of esters is 1. The summed E-state index contributed by atoms with van der Waals surface area (Å²) in [7, 11) is 1.27. The maximum atomic E-state index is 11.2. The van der Waals surface area contributed by atoms with Gasteiger partial charge in [-0.1, -0.05) is 0 Å². The van der Waals surface area contributed by atoms with Gasteiger partial charge in [0.1, 0.15) is 0 Å². The number of rotatable bonds is 4. The first-order valence-electron chi connectivity index (χ1n) is 4.75. The maximum Gasteiger partial charge on any atom is 0.330 e. The van der Waals surface area contributed by atoms with Crippen LogP contribution >= 0.6 is 0 Å². The highest BCUT2D eigenvalue weighted by molar-refractivity contribution is 5.83. The third-order valence-electron chi connectivity index (χ3n) is 1.55. The molecule has 88 valence electrons. The molecule has 0 aliphatic rings.